The molecule has 0 saturated carbocycles. The molecule has 0 aromatic rings. The topological polar surface area (TPSA) is 37.3 Å². The Bertz CT molecular complexity index is 64.7. The summed E-state index contributed by atoms with van der Waals surface area (Å²) < 4.78 is -0.291. The molecule has 0 aromatic heterocycles. The van der Waals surface area contributed by atoms with Gasteiger partial charge in [-0.1, -0.05) is 45.2 Å². The van der Waals surface area contributed by atoms with E-state index in [2.05, 4.69) is 0 Å². The first kappa shape index (κ1) is 11.6. The van der Waals surface area contributed by atoms with Gasteiger partial charge in [-0.15, -0.1) is 0 Å². The molecule has 38 valence electrons. The van der Waals surface area contributed by atoms with Crippen LogP contribution in [0.1, 0.15) is 0 Å². The Labute approximate surface area is 89.2 Å². The van der Waals surface area contributed by atoms with E-state index in [1.807, 2.05) is 45.2 Å². The van der Waals surface area contributed by atoms with Gasteiger partial charge >= 0.3 is 5.97 Å². The van der Waals surface area contributed by atoms with Gasteiger partial charge in [-0.25, -0.2) is 0 Å². The summed E-state index contributed by atoms with van der Waals surface area (Å²) in [7, 11) is 0. The maximum Gasteiger partial charge on any atom is 0.326 e. The number of aliphatic carboxylic acids is 1. The van der Waals surface area contributed by atoms with Gasteiger partial charge in [-0.2, -0.15) is 0 Å². The van der Waals surface area contributed by atoms with Crippen LogP contribution in [0.25, 0.3) is 0 Å². The molecule has 7 heavy (non-hydrogen) atoms. The molecular weight excluding hydrogens is 510 g/mol. The van der Waals surface area contributed by atoms with Crippen molar-refractivity contribution in [1.29, 1.82) is 0 Å². The molecule has 5 heteroatoms. The number of carboxylic acids is 1. The average Bonchev–Trinajstić information content (AvgIpc) is 1.36. The van der Waals surface area contributed by atoms with Crippen molar-refractivity contribution in [3.05, 3.63) is 0 Å². The van der Waals surface area contributed by atoms with Crippen LogP contribution in [0.2, 0.25) is 0 Å². The molecule has 0 spiro atoms. The fraction of sp³-hybridized carbons (Fsp3) is 0.500. The van der Waals surface area contributed by atoms with E-state index in [1.54, 1.807) is 0 Å². The predicted octanol–water partition coefficient (Wildman–Crippen LogP) is 1.26. The van der Waals surface area contributed by atoms with Crippen LogP contribution < -0.4 is 0 Å². The third-order valence-electron chi connectivity index (χ3n) is 0.187. The Morgan fingerprint density at radius 1 is 1.57 bits per heavy atom. The van der Waals surface area contributed by atoms with Gasteiger partial charge in [0.25, 0.3) is 0 Å². The number of carbonyl (C=O) groups is 1. The Hall–Kier alpha value is 1.87. The molecule has 0 aromatic carbocycles. The first-order valence-electron chi connectivity index (χ1n) is 1.15. The van der Waals surface area contributed by atoms with Crippen molar-refractivity contribution in [2.45, 2.75) is 1.93 Å². The fourth-order valence-electron chi connectivity index (χ4n) is 0. The maximum atomic E-state index is 9.68. The summed E-state index contributed by atoms with van der Waals surface area (Å²) >= 11 is 3.64. The largest absolute Gasteiger partial charge is 0.480 e. The summed E-state index contributed by atoms with van der Waals surface area (Å²) in [5, 5.41) is 7.98. The monoisotopic (exact) mass is 514 g/mol. The molecule has 0 atom stereocenters. The SMILES string of the molecule is O=C(O)C(I)I.[Hg]. The zero-order valence-electron chi connectivity index (χ0n) is 3.40. The van der Waals surface area contributed by atoms with Gasteiger partial charge in [0.05, 0.1) is 0 Å². The van der Waals surface area contributed by atoms with Crippen molar-refractivity contribution in [3.8, 4) is 0 Å². The molecule has 0 aliphatic rings. The van der Waals surface area contributed by atoms with Gasteiger partial charge in [-0.3, -0.25) is 4.79 Å². The van der Waals surface area contributed by atoms with Crippen molar-refractivity contribution in [3.63, 3.8) is 0 Å². The predicted molar refractivity (Wildman–Crippen MR) is 39.5 cm³/mol. The normalized spacial score (nSPS) is 7.86. The second-order valence-corrected chi connectivity index (χ2v) is 5.51. The summed E-state index contributed by atoms with van der Waals surface area (Å²) in [6, 6.07) is 0. The Morgan fingerprint density at radius 2 is 1.71 bits per heavy atom. The Morgan fingerprint density at radius 3 is 1.71 bits per heavy atom. The minimum Gasteiger partial charge on any atom is -0.480 e. The van der Waals surface area contributed by atoms with Crippen molar-refractivity contribution in [2.75, 3.05) is 0 Å². The number of carboxylic acid groups (broad SMARTS) is 1. The Balaban J connectivity index is 0. The molecule has 0 fully saturated rings. The molecule has 0 heterocycles. The van der Waals surface area contributed by atoms with Crippen LogP contribution in [0.3, 0.4) is 0 Å². The van der Waals surface area contributed by atoms with Crippen LogP contribution in [0.5, 0.6) is 0 Å². The van der Waals surface area contributed by atoms with Crippen molar-refractivity contribution < 1.29 is 37.6 Å². The second-order valence-electron chi connectivity index (χ2n) is 0.639. The third-order valence-corrected chi connectivity index (χ3v) is 1.25. The summed E-state index contributed by atoms with van der Waals surface area (Å²) in [6.45, 7) is 0. The van der Waals surface area contributed by atoms with Gasteiger partial charge in [0.1, 0.15) is 0 Å². The van der Waals surface area contributed by atoms with Crippen LogP contribution in [-0.4, -0.2) is 13.0 Å². The van der Waals surface area contributed by atoms with E-state index < -0.39 is 5.97 Å². The minimum atomic E-state index is -0.767. The van der Waals surface area contributed by atoms with Crippen LogP contribution in [0.15, 0.2) is 0 Å². The van der Waals surface area contributed by atoms with Crippen molar-refractivity contribution in [2.24, 2.45) is 0 Å². The van der Waals surface area contributed by atoms with Crippen LogP contribution in [0.4, 0.5) is 0 Å². The number of alkyl halides is 2. The number of rotatable bonds is 1. The quantitative estimate of drug-likeness (QED) is 0.327. The van der Waals surface area contributed by atoms with Crippen LogP contribution in [0, 0.1) is 0 Å². The van der Waals surface area contributed by atoms with Crippen LogP contribution >= 0.6 is 45.2 Å². The summed E-state index contributed by atoms with van der Waals surface area (Å²) in [5.74, 6) is -0.767. The van der Waals surface area contributed by atoms with E-state index in [9.17, 15) is 4.79 Å². The zero-order valence-corrected chi connectivity index (χ0v) is 13.2. The molecule has 0 saturated heterocycles. The third kappa shape index (κ3) is 7.87. The first-order chi connectivity index (χ1) is 2.64. The van der Waals surface area contributed by atoms with E-state index in [1.165, 1.54) is 0 Å². The molecule has 0 bridgehead atoms. The summed E-state index contributed by atoms with van der Waals surface area (Å²) in [4.78, 5) is 9.68. The van der Waals surface area contributed by atoms with E-state index in [0.29, 0.717) is 0 Å². The molecule has 0 aliphatic carbocycles. The van der Waals surface area contributed by atoms with E-state index in [4.69, 9.17) is 5.11 Å². The van der Waals surface area contributed by atoms with E-state index in [0.717, 1.165) is 0 Å². The molecule has 2 nitrogen and oxygen atoms in total. The number of halogens is 2. The molecule has 0 aliphatic heterocycles. The van der Waals surface area contributed by atoms with Crippen molar-refractivity contribution >= 4 is 51.2 Å². The van der Waals surface area contributed by atoms with Crippen LogP contribution in [-0.2, 0) is 32.5 Å². The minimum absolute atomic E-state index is 0. The Kier molecular flexibility index (Phi) is 9.96. The fourth-order valence-corrected chi connectivity index (χ4v) is 0. The molecule has 0 radical (unpaired) electrons. The molecule has 0 amide bonds. The molecule has 1 N–H and O–H groups in total. The second kappa shape index (κ2) is 5.99. The smallest absolute Gasteiger partial charge is 0.326 e. The van der Waals surface area contributed by atoms with E-state index in [-0.39, 0.29) is 29.6 Å². The number of hydrogen-bond donors (Lipinski definition) is 1. The molecule has 0 unspecified atom stereocenters. The average molecular weight is 512 g/mol. The van der Waals surface area contributed by atoms with Gasteiger partial charge < -0.3 is 5.11 Å². The van der Waals surface area contributed by atoms with Gasteiger partial charge in [0, 0.05) is 27.7 Å². The summed E-state index contributed by atoms with van der Waals surface area (Å²) in [5.41, 5.74) is 0. The zero-order chi connectivity index (χ0) is 5.15. The van der Waals surface area contributed by atoms with Gasteiger partial charge in [-0.05, 0) is 0 Å². The summed E-state index contributed by atoms with van der Waals surface area (Å²) in [6.07, 6.45) is 0. The van der Waals surface area contributed by atoms with E-state index >= 15 is 0 Å². The number of hydrogen-bond acceptors (Lipinski definition) is 1. The first-order valence-corrected chi connectivity index (χ1v) is 3.64. The van der Waals surface area contributed by atoms with Crippen molar-refractivity contribution in [1.82, 2.24) is 0 Å². The maximum absolute atomic E-state index is 9.68. The van der Waals surface area contributed by atoms with Gasteiger partial charge in [0.2, 0.25) is 0 Å². The molecule has 0 rings (SSSR count). The standard InChI is InChI=1S/C2H2I2O2.Hg/c3-1(4)2(5)6;/h1H,(H,5,6);. The molecular formula is C2H2HgI2O2. The van der Waals surface area contributed by atoms with Gasteiger partial charge in [0.15, 0.2) is 1.93 Å².